The first kappa shape index (κ1) is 19.5. The zero-order valence-electron chi connectivity index (χ0n) is 16.5. The second kappa shape index (κ2) is 8.21. The lowest BCUT2D eigenvalue weighted by atomic mass is 10.1. The van der Waals surface area contributed by atoms with Gasteiger partial charge in [0.2, 0.25) is 5.91 Å². The third-order valence-corrected chi connectivity index (χ3v) is 4.24. The van der Waals surface area contributed by atoms with Crippen molar-refractivity contribution in [3.8, 4) is 5.82 Å². The first-order valence-electron chi connectivity index (χ1n) is 9.32. The van der Waals surface area contributed by atoms with Crippen molar-refractivity contribution in [1.29, 1.82) is 0 Å². The lowest BCUT2D eigenvalue weighted by Crippen LogP contribution is -2.19. The van der Waals surface area contributed by atoms with E-state index in [2.05, 4.69) is 15.4 Å². The number of pyridine rings is 1. The third-order valence-electron chi connectivity index (χ3n) is 4.24. The lowest BCUT2D eigenvalue weighted by Gasteiger charge is -2.13. The quantitative estimate of drug-likeness (QED) is 0.656. The van der Waals surface area contributed by atoms with E-state index >= 15 is 0 Å². The van der Waals surface area contributed by atoms with Crippen LogP contribution in [0.15, 0.2) is 36.5 Å². The van der Waals surface area contributed by atoms with Gasteiger partial charge in [-0.1, -0.05) is 32.0 Å². The Bertz CT molecular complexity index is 1020. The fourth-order valence-corrected chi connectivity index (χ4v) is 2.99. The molecular formula is C21H24N4O3. The van der Waals surface area contributed by atoms with Gasteiger partial charge in [-0.15, -0.1) is 0 Å². The number of aromatic nitrogens is 3. The molecule has 1 N–H and O–H groups in total. The number of nitrogens with one attached hydrogen (secondary N) is 1. The van der Waals surface area contributed by atoms with Gasteiger partial charge in [-0.25, -0.2) is 9.78 Å². The molecule has 7 nitrogen and oxygen atoms in total. The van der Waals surface area contributed by atoms with Gasteiger partial charge >= 0.3 is 5.97 Å². The molecule has 146 valence electrons. The summed E-state index contributed by atoms with van der Waals surface area (Å²) >= 11 is 0. The van der Waals surface area contributed by atoms with Crippen LogP contribution in [0.3, 0.4) is 0 Å². The van der Waals surface area contributed by atoms with E-state index < -0.39 is 5.97 Å². The van der Waals surface area contributed by atoms with Gasteiger partial charge < -0.3 is 10.1 Å². The fourth-order valence-electron chi connectivity index (χ4n) is 2.99. The molecule has 0 atom stereocenters. The van der Waals surface area contributed by atoms with E-state index in [4.69, 9.17) is 4.74 Å². The second-order valence-electron chi connectivity index (χ2n) is 7.00. The molecule has 0 aliphatic carbocycles. The van der Waals surface area contributed by atoms with Crippen molar-refractivity contribution in [2.75, 3.05) is 11.9 Å². The molecule has 1 amide bonds. The summed E-state index contributed by atoms with van der Waals surface area (Å²) < 4.78 is 6.59. The van der Waals surface area contributed by atoms with Crippen LogP contribution in [-0.4, -0.2) is 33.2 Å². The van der Waals surface area contributed by atoms with Crippen LogP contribution in [0.4, 0.5) is 5.82 Å². The number of nitrogens with zero attached hydrogens (tertiary/aromatic N) is 3. The number of rotatable bonds is 6. The number of hydrogen-bond acceptors (Lipinski definition) is 5. The molecule has 1 aromatic carbocycles. The Morgan fingerprint density at radius 3 is 2.71 bits per heavy atom. The number of carbonyl (C=O) groups excluding carboxylic acids is 2. The topological polar surface area (TPSA) is 86.1 Å². The Hall–Kier alpha value is -3.22. The predicted octanol–water partition coefficient (Wildman–Crippen LogP) is 3.89. The summed E-state index contributed by atoms with van der Waals surface area (Å²) in [4.78, 5) is 29.4. The van der Waals surface area contributed by atoms with E-state index in [-0.39, 0.29) is 29.8 Å². The summed E-state index contributed by atoms with van der Waals surface area (Å²) in [6, 6.07) is 9.67. The number of hydrogen-bond donors (Lipinski definition) is 1. The molecule has 0 saturated carbocycles. The second-order valence-corrected chi connectivity index (χ2v) is 7.00. The molecule has 3 rings (SSSR count). The molecule has 0 saturated heterocycles. The summed E-state index contributed by atoms with van der Waals surface area (Å²) in [6.07, 6.45) is 1.73. The number of carbonyl (C=O) groups is 2. The van der Waals surface area contributed by atoms with Crippen molar-refractivity contribution in [3.05, 3.63) is 47.7 Å². The number of benzene rings is 1. The van der Waals surface area contributed by atoms with Crippen LogP contribution in [0, 0.1) is 12.8 Å². The van der Waals surface area contributed by atoms with Crippen molar-refractivity contribution in [1.82, 2.24) is 14.8 Å². The smallest absolute Gasteiger partial charge is 0.343 e. The van der Waals surface area contributed by atoms with E-state index in [9.17, 15) is 9.59 Å². The van der Waals surface area contributed by atoms with Crippen molar-refractivity contribution in [2.45, 2.75) is 34.1 Å². The maximum Gasteiger partial charge on any atom is 0.343 e. The number of aryl methyl sites for hydroxylation is 1. The molecule has 0 unspecified atom stereocenters. The Labute approximate surface area is 163 Å². The summed E-state index contributed by atoms with van der Waals surface area (Å²) in [5, 5.41) is 8.16. The fraction of sp³-hybridized carbons (Fsp3) is 0.333. The molecule has 28 heavy (non-hydrogen) atoms. The molecule has 0 aliphatic heterocycles. The first-order valence-corrected chi connectivity index (χ1v) is 9.32. The lowest BCUT2D eigenvalue weighted by molar-refractivity contribution is -0.116. The molecule has 2 aromatic heterocycles. The third kappa shape index (κ3) is 4.03. The average molecular weight is 380 g/mol. The van der Waals surface area contributed by atoms with Crippen LogP contribution in [0.25, 0.3) is 16.7 Å². The van der Waals surface area contributed by atoms with E-state index in [1.165, 1.54) is 10.9 Å². The van der Waals surface area contributed by atoms with Crippen LogP contribution < -0.4 is 5.32 Å². The molecule has 2 heterocycles. The van der Waals surface area contributed by atoms with Gasteiger partial charge in [-0.05, 0) is 37.5 Å². The van der Waals surface area contributed by atoms with Gasteiger partial charge in [-0.2, -0.15) is 9.78 Å². The SMILES string of the molecule is CCOC(=O)c1cnn(-c2cc(C)c3ccccc3n2)c1NC(=O)CC(C)C. The summed E-state index contributed by atoms with van der Waals surface area (Å²) in [7, 11) is 0. The molecular weight excluding hydrogens is 356 g/mol. The average Bonchev–Trinajstić information content (AvgIpc) is 3.04. The minimum atomic E-state index is -0.536. The highest BCUT2D eigenvalue weighted by Gasteiger charge is 2.22. The summed E-state index contributed by atoms with van der Waals surface area (Å²) in [5.74, 6) is 0.243. The molecule has 0 aliphatic rings. The van der Waals surface area contributed by atoms with Gasteiger partial charge in [0, 0.05) is 11.8 Å². The zero-order chi connectivity index (χ0) is 20.3. The number of fused-ring (bicyclic) bond motifs is 1. The van der Waals surface area contributed by atoms with Gasteiger partial charge in [-0.3, -0.25) is 4.79 Å². The number of anilines is 1. The molecule has 7 heteroatoms. The Kier molecular flexibility index (Phi) is 5.73. The van der Waals surface area contributed by atoms with Crippen LogP contribution in [0.5, 0.6) is 0 Å². The number of para-hydroxylation sites is 1. The normalized spacial score (nSPS) is 11.0. The van der Waals surface area contributed by atoms with E-state index in [1.807, 2.05) is 51.1 Å². The number of amides is 1. The molecule has 0 bridgehead atoms. The zero-order valence-corrected chi connectivity index (χ0v) is 16.5. The van der Waals surface area contributed by atoms with Crippen molar-refractivity contribution in [2.24, 2.45) is 5.92 Å². The van der Waals surface area contributed by atoms with Crippen LogP contribution in [-0.2, 0) is 9.53 Å². The van der Waals surface area contributed by atoms with Crippen LogP contribution >= 0.6 is 0 Å². The number of esters is 1. The molecule has 3 aromatic rings. The largest absolute Gasteiger partial charge is 0.462 e. The summed E-state index contributed by atoms with van der Waals surface area (Å²) in [6.45, 7) is 7.86. The monoisotopic (exact) mass is 380 g/mol. The minimum absolute atomic E-state index is 0.184. The predicted molar refractivity (Wildman–Crippen MR) is 108 cm³/mol. The first-order chi connectivity index (χ1) is 13.4. The van der Waals surface area contributed by atoms with Gasteiger partial charge in [0.25, 0.3) is 0 Å². The van der Waals surface area contributed by atoms with Crippen molar-refractivity contribution in [3.63, 3.8) is 0 Å². The van der Waals surface area contributed by atoms with E-state index in [1.54, 1.807) is 6.92 Å². The summed E-state index contributed by atoms with van der Waals surface area (Å²) in [5.41, 5.74) is 2.03. The highest BCUT2D eigenvalue weighted by atomic mass is 16.5. The Morgan fingerprint density at radius 1 is 1.25 bits per heavy atom. The van der Waals surface area contributed by atoms with Crippen LogP contribution in [0.2, 0.25) is 0 Å². The number of ether oxygens (including phenoxy) is 1. The van der Waals surface area contributed by atoms with E-state index in [0.717, 1.165) is 16.5 Å². The Balaban J connectivity index is 2.10. The van der Waals surface area contributed by atoms with Gasteiger partial charge in [0.1, 0.15) is 5.56 Å². The highest BCUT2D eigenvalue weighted by molar-refractivity contribution is 6.00. The Morgan fingerprint density at radius 2 is 2.00 bits per heavy atom. The standard InChI is InChI=1S/C21H24N4O3/c1-5-28-21(27)16-12-22-25(20(16)24-19(26)10-13(2)3)18-11-14(4)15-8-6-7-9-17(15)23-18/h6-9,11-13H,5,10H2,1-4H3,(H,24,26). The van der Waals surface area contributed by atoms with Crippen LogP contribution in [0.1, 0.15) is 43.1 Å². The van der Waals surface area contributed by atoms with Gasteiger partial charge in [0.15, 0.2) is 11.6 Å². The van der Waals surface area contributed by atoms with Crippen molar-refractivity contribution >= 4 is 28.6 Å². The minimum Gasteiger partial charge on any atom is -0.462 e. The molecule has 0 spiro atoms. The highest BCUT2D eigenvalue weighted by Crippen LogP contribution is 2.24. The van der Waals surface area contributed by atoms with E-state index in [0.29, 0.717) is 12.2 Å². The maximum absolute atomic E-state index is 12.4. The molecule has 0 radical (unpaired) electrons. The van der Waals surface area contributed by atoms with Gasteiger partial charge in [0.05, 0.1) is 18.3 Å². The molecule has 0 fully saturated rings. The maximum atomic E-state index is 12.4. The van der Waals surface area contributed by atoms with Crippen molar-refractivity contribution < 1.29 is 14.3 Å².